The number of amides is 1. The molecule has 2 fully saturated rings. The van der Waals surface area contributed by atoms with Gasteiger partial charge >= 0.3 is 0 Å². The molecule has 31 heavy (non-hydrogen) atoms. The molecule has 1 saturated carbocycles. The minimum atomic E-state index is -3.78. The third-order valence-corrected chi connectivity index (χ3v) is 7.61. The van der Waals surface area contributed by atoms with Crippen LogP contribution in [0.4, 0.5) is 5.69 Å². The summed E-state index contributed by atoms with van der Waals surface area (Å²) in [5.74, 6) is 1.01. The summed E-state index contributed by atoms with van der Waals surface area (Å²) in [5.41, 5.74) is -0.245. The summed E-state index contributed by atoms with van der Waals surface area (Å²) < 4.78 is 27.0. The highest BCUT2D eigenvalue weighted by Gasteiger charge is 2.33. The minimum Gasteiger partial charge on any atom is -0.355 e. The first-order chi connectivity index (χ1) is 13.9. The summed E-state index contributed by atoms with van der Waals surface area (Å²) in [7, 11) is -3.78. The molecule has 1 aromatic carbocycles. The quantitative estimate of drug-likeness (QED) is 0.525. The highest BCUT2D eigenvalue weighted by atomic mass is 32.2. The van der Waals surface area contributed by atoms with Gasteiger partial charge in [0.05, 0.1) is 15.7 Å². The second-order valence-electron chi connectivity index (χ2n) is 7.85. The highest BCUT2D eigenvalue weighted by Crippen LogP contribution is 2.27. The number of sulfonamides is 1. The molecule has 1 heterocycles. The van der Waals surface area contributed by atoms with E-state index in [-0.39, 0.29) is 37.3 Å². The van der Waals surface area contributed by atoms with Crippen molar-refractivity contribution in [3.63, 3.8) is 0 Å². The fourth-order valence-electron chi connectivity index (χ4n) is 4.01. The van der Waals surface area contributed by atoms with E-state index < -0.39 is 14.9 Å². The van der Waals surface area contributed by atoms with Crippen molar-refractivity contribution in [3.05, 3.63) is 55.2 Å². The number of nitrogens with one attached hydrogen (secondary N) is 1. The van der Waals surface area contributed by atoms with Crippen LogP contribution >= 0.6 is 0 Å². The number of nitrogens with zero attached hydrogens (tertiary/aromatic N) is 2. The largest absolute Gasteiger partial charge is 0.355 e. The van der Waals surface area contributed by atoms with E-state index in [9.17, 15) is 23.3 Å². The van der Waals surface area contributed by atoms with Crippen LogP contribution in [-0.2, 0) is 14.8 Å². The molecule has 1 aliphatic heterocycles. The third-order valence-electron chi connectivity index (χ3n) is 5.74. The fourth-order valence-corrected chi connectivity index (χ4v) is 5.58. The Kier molecular flexibility index (Phi) is 10.6. The van der Waals surface area contributed by atoms with Gasteiger partial charge in [0.25, 0.3) is 5.69 Å². The number of hydrogen-bond donors (Lipinski definition) is 1. The van der Waals surface area contributed by atoms with Gasteiger partial charge in [-0.05, 0) is 31.2 Å². The zero-order valence-electron chi connectivity index (χ0n) is 17.9. The number of hydrogen-bond acceptors (Lipinski definition) is 5. The summed E-state index contributed by atoms with van der Waals surface area (Å²) in [6.07, 6.45) is 8.06. The minimum absolute atomic E-state index is 0. The Hall–Kier alpha value is -2.00. The Bertz CT molecular complexity index is 835. The fraction of sp³-hybridized carbons (Fsp3) is 0.545. The van der Waals surface area contributed by atoms with Gasteiger partial charge in [-0.25, -0.2) is 8.42 Å². The van der Waals surface area contributed by atoms with Crippen LogP contribution in [0.5, 0.6) is 0 Å². The predicted molar refractivity (Wildman–Crippen MR) is 119 cm³/mol. The van der Waals surface area contributed by atoms with E-state index >= 15 is 0 Å². The molecule has 0 spiro atoms. The molecule has 0 aromatic heterocycles. The van der Waals surface area contributed by atoms with Gasteiger partial charge in [-0.15, -0.1) is 0 Å². The van der Waals surface area contributed by atoms with Gasteiger partial charge in [-0.3, -0.25) is 14.9 Å². The van der Waals surface area contributed by atoms with Gasteiger partial charge in [0.15, 0.2) is 0 Å². The Morgan fingerprint density at radius 3 is 2.42 bits per heavy atom. The first-order valence-corrected chi connectivity index (χ1v) is 11.7. The van der Waals surface area contributed by atoms with Gasteiger partial charge in [0, 0.05) is 31.8 Å². The third kappa shape index (κ3) is 7.00. The molecule has 171 valence electrons. The van der Waals surface area contributed by atoms with E-state index in [0.29, 0.717) is 26.1 Å². The lowest BCUT2D eigenvalue weighted by Crippen LogP contribution is -2.35. The number of non-ortho nitro benzene ring substituents is 1. The summed E-state index contributed by atoms with van der Waals surface area (Å²) in [6.45, 7) is 1.10. The van der Waals surface area contributed by atoms with Crippen molar-refractivity contribution in [2.24, 2.45) is 5.92 Å². The number of benzene rings is 1. The number of nitro benzene ring substituents is 1. The van der Waals surface area contributed by atoms with Gasteiger partial charge in [0.1, 0.15) is 0 Å². The van der Waals surface area contributed by atoms with Crippen LogP contribution in [0, 0.1) is 36.8 Å². The van der Waals surface area contributed by atoms with Gasteiger partial charge < -0.3 is 5.32 Å². The van der Waals surface area contributed by atoms with Crippen molar-refractivity contribution in [1.29, 1.82) is 0 Å². The standard InChI is InChI=1S/C20H28N3O5S.2CH2/c24-20(17-7-4-2-1-3-5-8-17)21-14-16-11-12-22(15-16)29(27,28)19-10-6-9-18(13-19)23(25)26;;/h6,9-10,13,16H,1-5,7-8,11-12,14-15H2,(H,21,24);2*1H2. The van der Waals surface area contributed by atoms with Crippen LogP contribution < -0.4 is 5.32 Å². The molecule has 1 N–H and O–H groups in total. The Morgan fingerprint density at radius 1 is 1.13 bits per heavy atom. The molecule has 1 amide bonds. The Labute approximate surface area is 186 Å². The second kappa shape index (κ2) is 12.1. The van der Waals surface area contributed by atoms with Crippen LogP contribution in [0.1, 0.15) is 51.4 Å². The molecule has 3 rings (SSSR count). The molecule has 1 aromatic rings. The van der Waals surface area contributed by atoms with Gasteiger partial charge in [-0.1, -0.05) is 53.0 Å². The summed E-state index contributed by atoms with van der Waals surface area (Å²) in [4.78, 5) is 22.7. The Morgan fingerprint density at radius 2 is 1.77 bits per heavy atom. The van der Waals surface area contributed by atoms with E-state index in [1.807, 2.05) is 0 Å². The maximum atomic E-state index is 12.8. The molecule has 1 aliphatic carbocycles. The lowest BCUT2D eigenvalue weighted by Gasteiger charge is -2.20. The van der Waals surface area contributed by atoms with E-state index in [4.69, 9.17) is 0 Å². The smallest absolute Gasteiger partial charge is 0.270 e. The van der Waals surface area contributed by atoms with Crippen molar-refractivity contribution >= 4 is 21.6 Å². The number of nitro groups is 1. The zero-order chi connectivity index (χ0) is 20.9. The van der Waals surface area contributed by atoms with E-state index in [2.05, 4.69) is 5.32 Å². The Balaban J connectivity index is 0.00000240. The molecule has 1 saturated heterocycles. The van der Waals surface area contributed by atoms with Crippen molar-refractivity contribution < 1.29 is 18.1 Å². The topological polar surface area (TPSA) is 110 Å². The van der Waals surface area contributed by atoms with Gasteiger partial charge in [-0.2, -0.15) is 4.31 Å². The maximum Gasteiger partial charge on any atom is 0.270 e. The molecular weight excluding hydrogens is 418 g/mol. The summed E-state index contributed by atoms with van der Waals surface area (Å²) >= 11 is 0. The maximum absolute atomic E-state index is 12.8. The second-order valence-corrected chi connectivity index (χ2v) is 9.79. The van der Waals surface area contributed by atoms with E-state index in [1.54, 1.807) is 0 Å². The number of carbonyl (C=O) groups is 1. The van der Waals surface area contributed by atoms with Crippen molar-refractivity contribution in [2.75, 3.05) is 19.6 Å². The molecular formula is C22H32N3O5S. The average molecular weight is 451 g/mol. The molecule has 0 bridgehead atoms. The number of rotatable bonds is 6. The highest BCUT2D eigenvalue weighted by molar-refractivity contribution is 7.89. The molecule has 1 unspecified atom stereocenters. The molecule has 2 aliphatic rings. The number of carbonyl (C=O) groups excluding carboxylic acids is 1. The zero-order valence-corrected chi connectivity index (χ0v) is 18.7. The summed E-state index contributed by atoms with van der Waals surface area (Å²) in [5, 5.41) is 13.9. The molecule has 9 heteroatoms. The lowest BCUT2D eigenvalue weighted by molar-refractivity contribution is -0.385. The predicted octanol–water partition coefficient (Wildman–Crippen LogP) is 3.69. The van der Waals surface area contributed by atoms with Crippen LogP contribution in [0.25, 0.3) is 0 Å². The molecule has 8 nitrogen and oxygen atoms in total. The van der Waals surface area contributed by atoms with Gasteiger partial charge in [0.2, 0.25) is 15.9 Å². The first-order valence-electron chi connectivity index (χ1n) is 10.3. The van der Waals surface area contributed by atoms with Crippen LogP contribution in [0.2, 0.25) is 0 Å². The lowest BCUT2D eigenvalue weighted by atomic mass is 9.90. The van der Waals surface area contributed by atoms with Crippen molar-refractivity contribution in [3.8, 4) is 0 Å². The van der Waals surface area contributed by atoms with Crippen molar-refractivity contribution in [1.82, 2.24) is 9.62 Å². The monoisotopic (exact) mass is 450 g/mol. The van der Waals surface area contributed by atoms with Crippen LogP contribution in [-0.4, -0.2) is 43.2 Å². The first kappa shape index (κ1) is 27.0. The normalized spacial score (nSPS) is 20.6. The van der Waals surface area contributed by atoms with Crippen LogP contribution in [0.15, 0.2) is 29.2 Å². The van der Waals surface area contributed by atoms with E-state index in [0.717, 1.165) is 37.7 Å². The SMILES string of the molecule is O=C(NCC1CCN(S(=O)(=O)c2cccc([N+](=O)[O-])c2)C1)[C]1CCCCCCC1.[CH2].[CH2]. The average Bonchev–Trinajstić information content (AvgIpc) is 3.16. The molecule has 1 atom stereocenters. The van der Waals surface area contributed by atoms with Crippen LogP contribution in [0.3, 0.4) is 0 Å². The summed E-state index contributed by atoms with van der Waals surface area (Å²) in [6, 6.07) is 5.12. The van der Waals surface area contributed by atoms with Crippen molar-refractivity contribution in [2.45, 2.75) is 56.3 Å². The van der Waals surface area contributed by atoms with E-state index in [1.165, 1.54) is 41.8 Å². The molecule has 5 radical (unpaired) electrons.